The van der Waals surface area contributed by atoms with Gasteiger partial charge in [0.2, 0.25) is 0 Å². The first-order valence-corrected chi connectivity index (χ1v) is 21.1. The average molecular weight is 678 g/mol. The molecule has 0 saturated carbocycles. The third-order valence-electron chi connectivity index (χ3n) is 12.2. The van der Waals surface area contributed by atoms with Crippen LogP contribution in [0.25, 0.3) is 0 Å². The summed E-state index contributed by atoms with van der Waals surface area (Å²) in [5.74, 6) is 5.60. The molecule has 0 aromatic heterocycles. The van der Waals surface area contributed by atoms with Gasteiger partial charge in [0.05, 0.1) is 0 Å². The van der Waals surface area contributed by atoms with Gasteiger partial charge in [0.1, 0.15) is 0 Å². The van der Waals surface area contributed by atoms with Gasteiger partial charge in [0, 0.05) is 62.9 Å². The topological polar surface area (TPSA) is 16.2 Å². The summed E-state index contributed by atoms with van der Waals surface area (Å²) in [4.78, 5) is 12.9. The van der Waals surface area contributed by atoms with Gasteiger partial charge in [-0.1, -0.05) is 41.5 Å². The van der Waals surface area contributed by atoms with E-state index < -0.39 is 0 Å². The molecule has 4 heterocycles. The van der Waals surface area contributed by atoms with Crippen molar-refractivity contribution in [2.45, 2.75) is 180 Å². The van der Waals surface area contributed by atoms with Gasteiger partial charge in [-0.3, -0.25) is 9.80 Å². The van der Waals surface area contributed by atoms with Gasteiger partial charge in [0.15, 0.2) is 0 Å². The standard InChI is InChI=1S/C12H25N.C11H23N.C10H22N2.C10H21N/c1-10(2)9-12-5-7-13(8-6-12)11(3)4;2*1-9(2)11-5-7-12(8-6-11)10(3)4;1-8(2)10-5-6-11(7-10)9(3)4/h10-12H,5-9H2,1-4H3;9-11H,5-8H2,1-4H3;9-10H,5-8H2,1-4H3;8-10H,5-7H2,1-4H3/t;;;10-/m...0/s1. The van der Waals surface area contributed by atoms with Crippen molar-refractivity contribution in [3.63, 3.8) is 0 Å². The predicted molar refractivity (Wildman–Crippen MR) is 216 cm³/mol. The van der Waals surface area contributed by atoms with Gasteiger partial charge in [-0.15, -0.1) is 0 Å². The molecule has 5 nitrogen and oxygen atoms in total. The van der Waals surface area contributed by atoms with Crippen LogP contribution < -0.4 is 0 Å². The number of rotatable bonds is 9. The lowest BCUT2D eigenvalue weighted by Crippen LogP contribution is -2.50. The molecule has 0 radical (unpaired) electrons. The lowest BCUT2D eigenvalue weighted by Gasteiger charge is -2.38. The predicted octanol–water partition coefficient (Wildman–Crippen LogP) is 9.71. The second kappa shape index (κ2) is 24.1. The molecular weight excluding hydrogens is 587 g/mol. The van der Waals surface area contributed by atoms with Crippen molar-refractivity contribution in [3.05, 3.63) is 0 Å². The zero-order valence-electron chi connectivity index (χ0n) is 35.9. The third-order valence-corrected chi connectivity index (χ3v) is 12.2. The molecule has 1 atom stereocenters. The van der Waals surface area contributed by atoms with Crippen molar-refractivity contribution < 1.29 is 0 Å². The van der Waals surface area contributed by atoms with Gasteiger partial charge in [-0.05, 0) is 176 Å². The largest absolute Gasteiger partial charge is 0.301 e. The molecule has 4 aliphatic rings. The van der Waals surface area contributed by atoms with Crippen LogP contribution in [0.1, 0.15) is 149 Å². The summed E-state index contributed by atoms with van der Waals surface area (Å²) >= 11 is 0. The average Bonchev–Trinajstić information content (AvgIpc) is 3.54. The second-order valence-corrected chi connectivity index (χ2v) is 18.6. The Bertz CT molecular complexity index is 673. The maximum Gasteiger partial charge on any atom is 0.0113 e. The van der Waals surface area contributed by atoms with Crippen LogP contribution in [0, 0.1) is 35.5 Å². The fraction of sp³-hybridized carbons (Fsp3) is 1.00. The van der Waals surface area contributed by atoms with Crippen molar-refractivity contribution in [3.8, 4) is 0 Å². The molecule has 0 aromatic carbocycles. The van der Waals surface area contributed by atoms with Gasteiger partial charge >= 0.3 is 0 Å². The molecule has 0 amide bonds. The SMILES string of the molecule is CC(C)C1CCN(C(C)C)CC1.CC(C)CC1CCN(C(C)C)CC1.CC(C)N1CCN(C(C)C)CC1.CC(C)[C@H]1CCN(C(C)C)C1. The highest BCUT2D eigenvalue weighted by atomic mass is 15.3. The maximum atomic E-state index is 2.61. The Morgan fingerprint density at radius 2 is 0.646 bits per heavy atom. The highest BCUT2D eigenvalue weighted by Gasteiger charge is 2.26. The fourth-order valence-electron chi connectivity index (χ4n) is 8.07. The fourth-order valence-corrected chi connectivity index (χ4v) is 8.07. The molecule has 0 bridgehead atoms. The van der Waals surface area contributed by atoms with E-state index in [2.05, 4.69) is 135 Å². The van der Waals surface area contributed by atoms with E-state index in [1.165, 1.54) is 104 Å². The summed E-state index contributed by atoms with van der Waals surface area (Å²) in [5, 5.41) is 0. The zero-order valence-corrected chi connectivity index (χ0v) is 35.9. The molecule has 0 unspecified atom stereocenters. The Morgan fingerprint density at radius 1 is 0.354 bits per heavy atom. The molecule has 0 aliphatic carbocycles. The molecular formula is C43H91N5. The summed E-state index contributed by atoms with van der Waals surface area (Å²) < 4.78 is 0. The maximum absolute atomic E-state index is 2.61. The smallest absolute Gasteiger partial charge is 0.0113 e. The Balaban J connectivity index is 0.000000320. The lowest BCUT2D eigenvalue weighted by atomic mass is 9.86. The van der Waals surface area contributed by atoms with E-state index >= 15 is 0 Å². The molecule has 0 spiro atoms. The number of hydrogen-bond donors (Lipinski definition) is 0. The van der Waals surface area contributed by atoms with Crippen molar-refractivity contribution in [2.24, 2.45) is 35.5 Å². The molecule has 48 heavy (non-hydrogen) atoms. The lowest BCUT2D eigenvalue weighted by molar-refractivity contribution is 0.0887. The first-order chi connectivity index (χ1) is 22.4. The molecule has 0 N–H and O–H groups in total. The van der Waals surface area contributed by atoms with Gasteiger partial charge in [-0.2, -0.15) is 0 Å². The van der Waals surface area contributed by atoms with E-state index in [9.17, 15) is 0 Å². The Hall–Kier alpha value is -0.200. The van der Waals surface area contributed by atoms with Gasteiger partial charge in [-0.25, -0.2) is 0 Å². The second-order valence-electron chi connectivity index (χ2n) is 18.6. The van der Waals surface area contributed by atoms with E-state index in [1.807, 2.05) is 0 Å². The summed E-state index contributed by atoms with van der Waals surface area (Å²) in [5.41, 5.74) is 0. The van der Waals surface area contributed by atoms with Crippen LogP contribution in [0.4, 0.5) is 0 Å². The molecule has 4 saturated heterocycles. The van der Waals surface area contributed by atoms with Crippen LogP contribution in [0.3, 0.4) is 0 Å². The third kappa shape index (κ3) is 18.3. The van der Waals surface area contributed by atoms with Crippen molar-refractivity contribution >= 4 is 0 Å². The molecule has 288 valence electrons. The molecule has 4 rings (SSSR count). The zero-order chi connectivity index (χ0) is 36.6. The van der Waals surface area contributed by atoms with Crippen LogP contribution in [-0.4, -0.2) is 120 Å². The normalized spacial score (nSPS) is 23.4. The monoisotopic (exact) mass is 678 g/mol. The number of likely N-dealkylation sites (tertiary alicyclic amines) is 3. The Kier molecular flexibility index (Phi) is 23.0. The minimum absolute atomic E-state index is 0.722. The van der Waals surface area contributed by atoms with Crippen molar-refractivity contribution in [2.75, 3.05) is 65.4 Å². The number of hydrogen-bond acceptors (Lipinski definition) is 5. The van der Waals surface area contributed by atoms with E-state index in [0.717, 1.165) is 65.7 Å². The van der Waals surface area contributed by atoms with Crippen LogP contribution >= 0.6 is 0 Å². The highest BCUT2D eigenvalue weighted by molar-refractivity contribution is 4.80. The van der Waals surface area contributed by atoms with E-state index in [1.54, 1.807) is 0 Å². The van der Waals surface area contributed by atoms with E-state index in [0.29, 0.717) is 0 Å². The highest BCUT2D eigenvalue weighted by Crippen LogP contribution is 2.26. The summed E-state index contributed by atoms with van der Waals surface area (Å²) in [6.45, 7) is 49.9. The molecule has 4 aliphatic heterocycles. The van der Waals surface area contributed by atoms with Crippen LogP contribution in [0.15, 0.2) is 0 Å². The quantitative estimate of drug-likeness (QED) is 0.241. The van der Waals surface area contributed by atoms with Crippen LogP contribution in [0.5, 0.6) is 0 Å². The van der Waals surface area contributed by atoms with Crippen LogP contribution in [0.2, 0.25) is 0 Å². The van der Waals surface area contributed by atoms with E-state index in [-0.39, 0.29) is 0 Å². The van der Waals surface area contributed by atoms with Gasteiger partial charge in [0.25, 0.3) is 0 Å². The minimum atomic E-state index is 0.722. The molecule has 4 fully saturated rings. The molecule has 0 aromatic rings. The van der Waals surface area contributed by atoms with Crippen molar-refractivity contribution in [1.29, 1.82) is 0 Å². The minimum Gasteiger partial charge on any atom is -0.301 e. The van der Waals surface area contributed by atoms with E-state index in [4.69, 9.17) is 0 Å². The Labute approximate surface area is 304 Å². The summed E-state index contributed by atoms with van der Waals surface area (Å²) in [6, 6.07) is 3.69. The first kappa shape index (κ1) is 45.8. The number of piperazine rings is 1. The first-order valence-electron chi connectivity index (χ1n) is 21.1. The van der Waals surface area contributed by atoms with Crippen LogP contribution in [-0.2, 0) is 0 Å². The number of piperidine rings is 2. The van der Waals surface area contributed by atoms with Crippen molar-refractivity contribution in [1.82, 2.24) is 24.5 Å². The Morgan fingerprint density at radius 3 is 0.917 bits per heavy atom. The summed E-state index contributed by atoms with van der Waals surface area (Å²) in [6.07, 6.45) is 8.53. The molecule has 5 heteroatoms. The number of nitrogens with zero attached hydrogens (tertiary/aromatic N) is 5. The summed E-state index contributed by atoms with van der Waals surface area (Å²) in [7, 11) is 0. The van der Waals surface area contributed by atoms with Gasteiger partial charge < -0.3 is 14.7 Å².